The van der Waals surface area contributed by atoms with Crippen LogP contribution in [0.4, 0.5) is 5.82 Å². The van der Waals surface area contributed by atoms with Crippen LogP contribution in [-0.2, 0) is 16.6 Å². The molecule has 0 fully saturated rings. The molecule has 0 aliphatic heterocycles. The number of aromatic nitrogens is 2. The standard InChI is InChI=1S/C9H16N4O2S/c1-3-5-11-16(14,15)8-7-13(6-4-2)12-9(8)10/h3,7,11H,1,4-6H2,2H3,(H2,10,12). The minimum absolute atomic E-state index is 0.0165. The van der Waals surface area contributed by atoms with Gasteiger partial charge < -0.3 is 5.73 Å². The highest BCUT2D eigenvalue weighted by molar-refractivity contribution is 7.89. The van der Waals surface area contributed by atoms with Gasteiger partial charge in [-0.15, -0.1) is 6.58 Å². The molecular weight excluding hydrogens is 228 g/mol. The van der Waals surface area contributed by atoms with Gasteiger partial charge in [0.15, 0.2) is 5.82 Å². The third-order valence-corrected chi connectivity index (χ3v) is 3.36. The lowest BCUT2D eigenvalue weighted by Gasteiger charge is -2.01. The molecule has 1 aromatic rings. The average Bonchev–Trinajstić information content (AvgIpc) is 2.58. The maximum atomic E-state index is 11.7. The largest absolute Gasteiger partial charge is 0.381 e. The van der Waals surface area contributed by atoms with Crippen LogP contribution in [0.25, 0.3) is 0 Å². The molecule has 0 amide bonds. The first-order valence-electron chi connectivity index (χ1n) is 4.94. The predicted octanol–water partition coefficient (Wildman–Crippen LogP) is 0.340. The van der Waals surface area contributed by atoms with Gasteiger partial charge in [0.25, 0.3) is 0 Å². The number of nitrogens with one attached hydrogen (secondary N) is 1. The fourth-order valence-corrected chi connectivity index (χ4v) is 2.28. The summed E-state index contributed by atoms with van der Waals surface area (Å²) in [6, 6.07) is 0. The van der Waals surface area contributed by atoms with E-state index < -0.39 is 10.0 Å². The monoisotopic (exact) mass is 244 g/mol. The molecule has 7 heteroatoms. The molecule has 0 bridgehead atoms. The first-order valence-corrected chi connectivity index (χ1v) is 6.43. The minimum atomic E-state index is -3.58. The number of rotatable bonds is 6. The second kappa shape index (κ2) is 5.13. The van der Waals surface area contributed by atoms with Crippen LogP contribution in [0.5, 0.6) is 0 Å². The Hall–Kier alpha value is -1.34. The van der Waals surface area contributed by atoms with E-state index in [0.29, 0.717) is 6.54 Å². The second-order valence-electron chi connectivity index (χ2n) is 3.28. The van der Waals surface area contributed by atoms with Crippen LogP contribution in [0.1, 0.15) is 13.3 Å². The number of hydrogen-bond acceptors (Lipinski definition) is 4. The van der Waals surface area contributed by atoms with Crippen LogP contribution in [0.3, 0.4) is 0 Å². The Labute approximate surface area is 95.2 Å². The van der Waals surface area contributed by atoms with Crippen molar-refractivity contribution in [2.75, 3.05) is 12.3 Å². The Bertz CT molecular complexity index is 464. The lowest BCUT2D eigenvalue weighted by atomic mass is 10.5. The van der Waals surface area contributed by atoms with E-state index in [-0.39, 0.29) is 17.3 Å². The molecule has 0 spiro atoms. The van der Waals surface area contributed by atoms with Crippen molar-refractivity contribution in [3.05, 3.63) is 18.9 Å². The van der Waals surface area contributed by atoms with Gasteiger partial charge in [-0.1, -0.05) is 13.0 Å². The van der Waals surface area contributed by atoms with Crippen LogP contribution in [-0.4, -0.2) is 24.7 Å². The van der Waals surface area contributed by atoms with Crippen molar-refractivity contribution >= 4 is 15.8 Å². The number of nitrogens with zero attached hydrogens (tertiary/aromatic N) is 2. The van der Waals surface area contributed by atoms with Crippen molar-refractivity contribution in [1.29, 1.82) is 0 Å². The molecule has 3 N–H and O–H groups in total. The summed E-state index contributed by atoms with van der Waals surface area (Å²) in [6.07, 6.45) is 3.76. The Morgan fingerprint density at radius 3 is 2.94 bits per heavy atom. The Balaban J connectivity index is 2.98. The molecular formula is C9H16N4O2S. The summed E-state index contributed by atoms with van der Waals surface area (Å²) >= 11 is 0. The van der Waals surface area contributed by atoms with Crippen molar-refractivity contribution in [3.63, 3.8) is 0 Å². The van der Waals surface area contributed by atoms with E-state index in [2.05, 4.69) is 16.4 Å². The summed E-state index contributed by atoms with van der Waals surface area (Å²) < 4.78 is 27.3. The Kier molecular flexibility index (Phi) is 4.08. The van der Waals surface area contributed by atoms with Crippen molar-refractivity contribution in [1.82, 2.24) is 14.5 Å². The molecule has 0 aliphatic rings. The summed E-state index contributed by atoms with van der Waals surface area (Å²) in [7, 11) is -3.58. The third-order valence-electron chi connectivity index (χ3n) is 1.91. The molecule has 0 saturated carbocycles. The highest BCUT2D eigenvalue weighted by Gasteiger charge is 2.19. The van der Waals surface area contributed by atoms with E-state index in [4.69, 9.17) is 5.73 Å². The van der Waals surface area contributed by atoms with Gasteiger partial charge in [-0.25, -0.2) is 13.1 Å². The molecule has 0 aromatic carbocycles. The van der Waals surface area contributed by atoms with Crippen LogP contribution >= 0.6 is 0 Å². The molecule has 6 nitrogen and oxygen atoms in total. The van der Waals surface area contributed by atoms with Gasteiger partial charge in [-0.3, -0.25) is 4.68 Å². The normalized spacial score (nSPS) is 11.6. The van der Waals surface area contributed by atoms with E-state index >= 15 is 0 Å². The zero-order valence-corrected chi connectivity index (χ0v) is 10.00. The lowest BCUT2D eigenvalue weighted by Crippen LogP contribution is -2.24. The highest BCUT2D eigenvalue weighted by Crippen LogP contribution is 2.15. The van der Waals surface area contributed by atoms with E-state index in [1.54, 1.807) is 0 Å². The molecule has 1 aromatic heterocycles. The minimum Gasteiger partial charge on any atom is -0.381 e. The van der Waals surface area contributed by atoms with Gasteiger partial charge in [-0.2, -0.15) is 5.10 Å². The molecule has 0 unspecified atom stereocenters. The third kappa shape index (κ3) is 2.83. The first kappa shape index (κ1) is 12.7. The van der Waals surface area contributed by atoms with Crippen molar-refractivity contribution in [3.8, 4) is 0 Å². The van der Waals surface area contributed by atoms with E-state index in [1.807, 2.05) is 6.92 Å². The molecule has 0 aliphatic carbocycles. The van der Waals surface area contributed by atoms with Crippen LogP contribution in [0.2, 0.25) is 0 Å². The molecule has 90 valence electrons. The Morgan fingerprint density at radius 1 is 1.69 bits per heavy atom. The van der Waals surface area contributed by atoms with Gasteiger partial charge in [0.2, 0.25) is 10.0 Å². The van der Waals surface area contributed by atoms with Crippen LogP contribution in [0.15, 0.2) is 23.7 Å². The summed E-state index contributed by atoms with van der Waals surface area (Å²) in [4.78, 5) is 0.0165. The molecule has 16 heavy (non-hydrogen) atoms. The van der Waals surface area contributed by atoms with Gasteiger partial charge in [-0.05, 0) is 6.42 Å². The fraction of sp³-hybridized carbons (Fsp3) is 0.444. The van der Waals surface area contributed by atoms with Gasteiger partial charge >= 0.3 is 0 Å². The number of hydrogen-bond donors (Lipinski definition) is 2. The van der Waals surface area contributed by atoms with Gasteiger partial charge in [0, 0.05) is 19.3 Å². The SMILES string of the molecule is C=CCNS(=O)(=O)c1cn(CCC)nc1N. The van der Waals surface area contributed by atoms with Crippen LogP contribution in [0, 0.1) is 0 Å². The first-order chi connectivity index (χ1) is 7.51. The Morgan fingerprint density at radius 2 is 2.38 bits per heavy atom. The number of anilines is 1. The molecule has 0 atom stereocenters. The second-order valence-corrected chi connectivity index (χ2v) is 5.02. The van der Waals surface area contributed by atoms with E-state index in [0.717, 1.165) is 6.42 Å². The number of aryl methyl sites for hydroxylation is 1. The van der Waals surface area contributed by atoms with Crippen LogP contribution < -0.4 is 10.5 Å². The molecule has 1 rings (SSSR count). The predicted molar refractivity (Wildman–Crippen MR) is 62.3 cm³/mol. The lowest BCUT2D eigenvalue weighted by molar-refractivity contribution is 0.583. The van der Waals surface area contributed by atoms with Gasteiger partial charge in [0.05, 0.1) is 0 Å². The zero-order chi connectivity index (χ0) is 12.2. The maximum absolute atomic E-state index is 11.7. The van der Waals surface area contributed by atoms with E-state index in [9.17, 15) is 8.42 Å². The summed E-state index contributed by atoms with van der Waals surface area (Å²) in [6.45, 7) is 6.22. The van der Waals surface area contributed by atoms with Gasteiger partial charge in [0.1, 0.15) is 4.90 Å². The summed E-state index contributed by atoms with van der Waals surface area (Å²) in [5.41, 5.74) is 5.55. The maximum Gasteiger partial charge on any atom is 0.246 e. The molecule has 0 radical (unpaired) electrons. The van der Waals surface area contributed by atoms with Crippen molar-refractivity contribution < 1.29 is 8.42 Å². The fourth-order valence-electron chi connectivity index (χ4n) is 1.22. The van der Waals surface area contributed by atoms with E-state index in [1.165, 1.54) is 17.0 Å². The van der Waals surface area contributed by atoms with Crippen molar-refractivity contribution in [2.24, 2.45) is 0 Å². The van der Waals surface area contributed by atoms with Crippen molar-refractivity contribution in [2.45, 2.75) is 24.8 Å². The average molecular weight is 244 g/mol. The smallest absolute Gasteiger partial charge is 0.246 e. The summed E-state index contributed by atoms with van der Waals surface area (Å²) in [5, 5.41) is 3.92. The summed E-state index contributed by atoms with van der Waals surface area (Å²) in [5.74, 6) is 0.0185. The quantitative estimate of drug-likeness (QED) is 0.706. The highest BCUT2D eigenvalue weighted by atomic mass is 32.2. The number of sulfonamides is 1. The number of nitrogens with two attached hydrogens (primary N) is 1. The topological polar surface area (TPSA) is 90.0 Å². The molecule has 0 saturated heterocycles. The zero-order valence-electron chi connectivity index (χ0n) is 9.18. The molecule has 1 heterocycles. The number of nitrogen functional groups attached to an aromatic ring is 1.